The van der Waals surface area contributed by atoms with Crippen LogP contribution >= 0.6 is 11.3 Å². The molecule has 3 rings (SSSR count). The van der Waals surface area contributed by atoms with E-state index in [1.165, 1.54) is 13.0 Å². The SMILES string of the molecule is CCOC(=O)c1sc(NC(=O)c2ccc3cc[nH]c3c2)nc1C(F)(F)F. The van der Waals surface area contributed by atoms with Gasteiger partial charge in [-0.25, -0.2) is 9.78 Å². The number of H-pyrrole nitrogens is 1. The summed E-state index contributed by atoms with van der Waals surface area (Å²) in [4.78, 5) is 29.6. The number of halogens is 3. The van der Waals surface area contributed by atoms with Crippen LogP contribution in [0.1, 0.15) is 32.6 Å². The number of thiazole rings is 1. The highest BCUT2D eigenvalue weighted by Crippen LogP contribution is 2.36. The van der Waals surface area contributed by atoms with E-state index in [-0.39, 0.29) is 17.3 Å². The Bertz CT molecular complexity index is 978. The van der Waals surface area contributed by atoms with E-state index in [0.29, 0.717) is 16.9 Å². The number of ether oxygens (including phenoxy) is 1. The number of carbonyl (C=O) groups is 2. The number of aromatic nitrogens is 2. The number of hydrogen-bond acceptors (Lipinski definition) is 5. The van der Waals surface area contributed by atoms with E-state index >= 15 is 0 Å². The van der Waals surface area contributed by atoms with Crippen molar-refractivity contribution in [1.82, 2.24) is 9.97 Å². The number of rotatable bonds is 4. The number of carbonyl (C=O) groups excluding carboxylic acids is 2. The Hall–Kier alpha value is -2.88. The Kier molecular flexibility index (Phi) is 4.68. The fraction of sp³-hybridized carbons (Fsp3) is 0.188. The number of fused-ring (bicyclic) bond motifs is 1. The summed E-state index contributed by atoms with van der Waals surface area (Å²) in [6, 6.07) is 6.62. The molecule has 6 nitrogen and oxygen atoms in total. The number of nitrogens with zero attached hydrogens (tertiary/aromatic N) is 1. The first-order chi connectivity index (χ1) is 12.3. The summed E-state index contributed by atoms with van der Waals surface area (Å²) in [5.41, 5.74) is -0.433. The highest BCUT2D eigenvalue weighted by atomic mass is 32.1. The van der Waals surface area contributed by atoms with Crippen LogP contribution in [0.2, 0.25) is 0 Å². The Morgan fingerprint density at radius 1 is 1.31 bits per heavy atom. The van der Waals surface area contributed by atoms with Crippen LogP contribution in [0.3, 0.4) is 0 Å². The molecule has 3 aromatic rings. The van der Waals surface area contributed by atoms with Gasteiger partial charge in [0, 0.05) is 17.3 Å². The molecule has 2 N–H and O–H groups in total. The summed E-state index contributed by atoms with van der Waals surface area (Å²) in [7, 11) is 0. The van der Waals surface area contributed by atoms with Gasteiger partial charge in [0.25, 0.3) is 5.91 Å². The fourth-order valence-corrected chi connectivity index (χ4v) is 3.13. The third-order valence-electron chi connectivity index (χ3n) is 3.39. The van der Waals surface area contributed by atoms with Gasteiger partial charge in [-0.15, -0.1) is 0 Å². The molecule has 0 fully saturated rings. The molecular formula is C16H12F3N3O3S. The van der Waals surface area contributed by atoms with E-state index < -0.39 is 28.6 Å². The van der Waals surface area contributed by atoms with Crippen molar-refractivity contribution in [3.05, 3.63) is 46.6 Å². The summed E-state index contributed by atoms with van der Waals surface area (Å²) in [5, 5.41) is 2.84. The number of nitrogens with one attached hydrogen (secondary N) is 2. The van der Waals surface area contributed by atoms with Crippen LogP contribution in [0.4, 0.5) is 18.3 Å². The third kappa shape index (κ3) is 3.54. The van der Waals surface area contributed by atoms with Gasteiger partial charge in [0.2, 0.25) is 0 Å². The van der Waals surface area contributed by atoms with E-state index in [4.69, 9.17) is 0 Å². The lowest BCUT2D eigenvalue weighted by Crippen LogP contribution is -2.14. The zero-order valence-corrected chi connectivity index (χ0v) is 14.1. The van der Waals surface area contributed by atoms with Gasteiger partial charge in [-0.05, 0) is 30.5 Å². The fourth-order valence-electron chi connectivity index (χ4n) is 2.26. The second kappa shape index (κ2) is 6.79. The number of aromatic amines is 1. The number of anilines is 1. The molecule has 10 heteroatoms. The minimum absolute atomic E-state index is 0.0775. The van der Waals surface area contributed by atoms with Crippen molar-refractivity contribution in [1.29, 1.82) is 0 Å². The number of alkyl halides is 3. The second-order valence-corrected chi connectivity index (χ2v) is 6.15. The number of benzene rings is 1. The van der Waals surface area contributed by atoms with Crippen LogP contribution in [0, 0.1) is 0 Å². The summed E-state index contributed by atoms with van der Waals surface area (Å²) >= 11 is 0.417. The van der Waals surface area contributed by atoms with Gasteiger partial charge in [0.15, 0.2) is 10.8 Å². The summed E-state index contributed by atoms with van der Waals surface area (Å²) < 4.78 is 43.9. The predicted molar refractivity (Wildman–Crippen MR) is 89.3 cm³/mol. The molecule has 0 radical (unpaired) electrons. The van der Waals surface area contributed by atoms with Crippen molar-refractivity contribution < 1.29 is 27.5 Å². The van der Waals surface area contributed by atoms with Gasteiger partial charge in [0.05, 0.1) is 6.61 Å². The molecule has 1 amide bonds. The Morgan fingerprint density at radius 2 is 2.08 bits per heavy atom. The van der Waals surface area contributed by atoms with Gasteiger partial charge in [-0.2, -0.15) is 13.2 Å². The first-order valence-electron chi connectivity index (χ1n) is 7.43. The quantitative estimate of drug-likeness (QED) is 0.665. The van der Waals surface area contributed by atoms with Crippen LogP contribution in [-0.2, 0) is 10.9 Å². The van der Waals surface area contributed by atoms with Crippen molar-refractivity contribution in [2.45, 2.75) is 13.1 Å². The maximum atomic E-state index is 13.1. The molecule has 0 spiro atoms. The monoisotopic (exact) mass is 383 g/mol. The predicted octanol–water partition coefficient (Wildman–Crippen LogP) is 4.07. The standard InChI is InChI=1S/C16H12F3N3O3S/c1-2-25-14(24)11-12(16(17,18)19)21-15(26-11)22-13(23)9-4-3-8-5-6-20-10(8)7-9/h3-7,20H,2H2,1H3,(H,21,22,23). The first-order valence-corrected chi connectivity index (χ1v) is 8.25. The van der Waals surface area contributed by atoms with Crippen LogP contribution < -0.4 is 5.32 Å². The van der Waals surface area contributed by atoms with E-state index in [1.807, 2.05) is 6.07 Å². The zero-order valence-electron chi connectivity index (χ0n) is 13.3. The largest absolute Gasteiger partial charge is 0.462 e. The molecule has 0 aliphatic heterocycles. The van der Waals surface area contributed by atoms with Crippen LogP contribution in [-0.4, -0.2) is 28.5 Å². The first kappa shape index (κ1) is 17.9. The summed E-state index contributed by atoms with van der Waals surface area (Å²) in [6.45, 7) is 1.40. The van der Waals surface area contributed by atoms with Crippen LogP contribution in [0.15, 0.2) is 30.5 Å². The van der Waals surface area contributed by atoms with E-state index in [9.17, 15) is 22.8 Å². The number of esters is 1. The maximum absolute atomic E-state index is 13.1. The molecule has 136 valence electrons. The van der Waals surface area contributed by atoms with Gasteiger partial charge in [-0.3, -0.25) is 10.1 Å². The number of amides is 1. The molecule has 2 heterocycles. The summed E-state index contributed by atoms with van der Waals surface area (Å²) in [6.07, 6.45) is -3.14. The average molecular weight is 383 g/mol. The summed E-state index contributed by atoms with van der Waals surface area (Å²) in [5.74, 6) is -1.77. The lowest BCUT2D eigenvalue weighted by molar-refractivity contribution is -0.141. The van der Waals surface area contributed by atoms with Gasteiger partial charge >= 0.3 is 12.1 Å². The van der Waals surface area contributed by atoms with E-state index in [2.05, 4.69) is 20.0 Å². The zero-order chi connectivity index (χ0) is 18.9. The molecule has 0 atom stereocenters. The maximum Gasteiger partial charge on any atom is 0.435 e. The van der Waals surface area contributed by atoms with Gasteiger partial charge in [-0.1, -0.05) is 17.4 Å². The Balaban J connectivity index is 1.89. The molecule has 0 bridgehead atoms. The minimum Gasteiger partial charge on any atom is -0.462 e. The second-order valence-electron chi connectivity index (χ2n) is 5.15. The van der Waals surface area contributed by atoms with Crippen molar-refractivity contribution in [2.24, 2.45) is 0 Å². The van der Waals surface area contributed by atoms with Gasteiger partial charge < -0.3 is 9.72 Å². The van der Waals surface area contributed by atoms with Gasteiger partial charge in [0.1, 0.15) is 4.88 Å². The molecule has 1 aromatic carbocycles. The third-order valence-corrected chi connectivity index (χ3v) is 4.35. The van der Waals surface area contributed by atoms with Crippen LogP contribution in [0.5, 0.6) is 0 Å². The Morgan fingerprint density at radius 3 is 2.77 bits per heavy atom. The molecule has 26 heavy (non-hydrogen) atoms. The molecule has 0 unspecified atom stereocenters. The average Bonchev–Trinajstić information content (AvgIpc) is 3.20. The smallest absolute Gasteiger partial charge is 0.435 e. The molecule has 0 saturated heterocycles. The molecule has 2 aromatic heterocycles. The Labute approximate surface area is 149 Å². The van der Waals surface area contributed by atoms with Crippen LogP contribution in [0.25, 0.3) is 10.9 Å². The lowest BCUT2D eigenvalue weighted by atomic mass is 10.1. The van der Waals surface area contributed by atoms with E-state index in [0.717, 1.165) is 5.39 Å². The van der Waals surface area contributed by atoms with Crippen molar-refractivity contribution in [2.75, 3.05) is 11.9 Å². The van der Waals surface area contributed by atoms with Crippen molar-refractivity contribution in [3.63, 3.8) is 0 Å². The van der Waals surface area contributed by atoms with E-state index in [1.54, 1.807) is 18.3 Å². The molecule has 0 aliphatic carbocycles. The lowest BCUT2D eigenvalue weighted by Gasteiger charge is -2.05. The highest BCUT2D eigenvalue weighted by Gasteiger charge is 2.40. The molecule has 0 aliphatic rings. The highest BCUT2D eigenvalue weighted by molar-refractivity contribution is 7.17. The number of hydrogen-bond donors (Lipinski definition) is 2. The molecular weight excluding hydrogens is 371 g/mol. The normalized spacial score (nSPS) is 11.5. The molecule has 0 saturated carbocycles. The van der Waals surface area contributed by atoms with Crippen molar-refractivity contribution in [3.8, 4) is 0 Å². The minimum atomic E-state index is -4.84. The topological polar surface area (TPSA) is 84.1 Å². The van der Waals surface area contributed by atoms with Crippen molar-refractivity contribution >= 4 is 39.2 Å².